The zero-order chi connectivity index (χ0) is 12.4. The van der Waals surface area contributed by atoms with Crippen LogP contribution in [0.15, 0.2) is 39.4 Å². The molecule has 90 valence electrons. The van der Waals surface area contributed by atoms with E-state index in [0.29, 0.717) is 17.7 Å². The van der Waals surface area contributed by atoms with Crippen LogP contribution in [0.2, 0.25) is 0 Å². The molecule has 1 heterocycles. The molecule has 1 atom stereocenters. The minimum atomic E-state index is -0.761. The summed E-state index contributed by atoms with van der Waals surface area (Å²) in [7, 11) is 0. The van der Waals surface area contributed by atoms with Crippen LogP contribution in [0, 0.1) is 12.7 Å². The lowest BCUT2D eigenvalue weighted by atomic mass is 10.0. The Morgan fingerprint density at radius 2 is 2.18 bits per heavy atom. The highest BCUT2D eigenvalue weighted by molar-refractivity contribution is 9.10. The van der Waals surface area contributed by atoms with Gasteiger partial charge in [0.05, 0.1) is 6.26 Å². The van der Waals surface area contributed by atoms with Crippen LogP contribution < -0.4 is 0 Å². The van der Waals surface area contributed by atoms with E-state index < -0.39 is 6.10 Å². The fraction of sp³-hybridized carbons (Fsp3) is 0.231. The first kappa shape index (κ1) is 12.3. The number of aliphatic hydroxyl groups excluding tert-OH is 1. The Bertz CT molecular complexity index is 522. The van der Waals surface area contributed by atoms with E-state index in [0.717, 1.165) is 10.0 Å². The molecule has 0 amide bonds. The standard InChI is InChI=1S/C13H12BrFO2/c1-8-4-5-17-13(8)12(16)7-9-6-10(15)2-3-11(9)14/h2-6,12,16H,7H2,1H3. The zero-order valence-corrected chi connectivity index (χ0v) is 10.9. The first-order valence-corrected chi connectivity index (χ1v) is 6.03. The van der Waals surface area contributed by atoms with Crippen molar-refractivity contribution in [1.82, 2.24) is 0 Å². The number of benzene rings is 1. The lowest BCUT2D eigenvalue weighted by Crippen LogP contribution is -2.03. The second-order valence-corrected chi connectivity index (χ2v) is 4.78. The van der Waals surface area contributed by atoms with Crippen LogP contribution in [-0.4, -0.2) is 5.11 Å². The van der Waals surface area contributed by atoms with Gasteiger partial charge < -0.3 is 9.52 Å². The minimum absolute atomic E-state index is 0.312. The molecule has 0 saturated heterocycles. The molecule has 0 saturated carbocycles. The summed E-state index contributed by atoms with van der Waals surface area (Å²) in [6.07, 6.45) is 1.09. The van der Waals surface area contributed by atoms with E-state index in [1.807, 2.05) is 6.92 Å². The third kappa shape index (κ3) is 2.76. The van der Waals surface area contributed by atoms with Gasteiger partial charge in [-0.1, -0.05) is 15.9 Å². The quantitative estimate of drug-likeness (QED) is 0.936. The number of furan rings is 1. The Kier molecular flexibility index (Phi) is 3.64. The van der Waals surface area contributed by atoms with Crippen molar-refractivity contribution in [3.63, 3.8) is 0 Å². The average molecular weight is 299 g/mol. The van der Waals surface area contributed by atoms with Crippen molar-refractivity contribution in [3.05, 3.63) is 57.7 Å². The zero-order valence-electron chi connectivity index (χ0n) is 9.28. The molecule has 0 aliphatic heterocycles. The summed E-state index contributed by atoms with van der Waals surface area (Å²) < 4.78 is 19.1. The minimum Gasteiger partial charge on any atom is -0.466 e. The number of halogens is 2. The summed E-state index contributed by atoms with van der Waals surface area (Å²) in [6.45, 7) is 1.86. The fourth-order valence-electron chi connectivity index (χ4n) is 1.73. The molecule has 1 aromatic carbocycles. The van der Waals surface area contributed by atoms with Gasteiger partial charge in [-0.15, -0.1) is 0 Å². The first-order valence-electron chi connectivity index (χ1n) is 5.24. The van der Waals surface area contributed by atoms with Crippen LogP contribution >= 0.6 is 15.9 Å². The number of aliphatic hydroxyl groups is 1. The van der Waals surface area contributed by atoms with Gasteiger partial charge >= 0.3 is 0 Å². The summed E-state index contributed by atoms with van der Waals surface area (Å²) in [6, 6.07) is 6.20. The van der Waals surface area contributed by atoms with Gasteiger partial charge in [0, 0.05) is 10.9 Å². The molecular weight excluding hydrogens is 287 g/mol. The monoisotopic (exact) mass is 298 g/mol. The number of rotatable bonds is 3. The Balaban J connectivity index is 2.21. The van der Waals surface area contributed by atoms with E-state index in [1.54, 1.807) is 12.1 Å². The fourth-order valence-corrected chi connectivity index (χ4v) is 2.14. The maximum Gasteiger partial charge on any atom is 0.135 e. The molecule has 17 heavy (non-hydrogen) atoms. The third-order valence-electron chi connectivity index (χ3n) is 2.63. The van der Waals surface area contributed by atoms with Crippen LogP contribution in [0.1, 0.15) is 23.0 Å². The number of hydrogen-bond donors (Lipinski definition) is 1. The van der Waals surface area contributed by atoms with E-state index in [-0.39, 0.29) is 5.82 Å². The highest BCUT2D eigenvalue weighted by atomic mass is 79.9. The molecule has 2 rings (SSSR count). The molecule has 0 aliphatic rings. The Labute approximate surface area is 107 Å². The average Bonchev–Trinajstić information content (AvgIpc) is 2.70. The highest BCUT2D eigenvalue weighted by Gasteiger charge is 2.16. The topological polar surface area (TPSA) is 33.4 Å². The molecule has 0 bridgehead atoms. The maximum absolute atomic E-state index is 13.1. The van der Waals surface area contributed by atoms with E-state index in [9.17, 15) is 9.50 Å². The molecule has 1 unspecified atom stereocenters. The summed E-state index contributed by atoms with van der Waals surface area (Å²) in [5.41, 5.74) is 1.61. The molecule has 4 heteroatoms. The van der Waals surface area contributed by atoms with Crippen molar-refractivity contribution < 1.29 is 13.9 Å². The molecule has 0 fully saturated rings. The Hall–Kier alpha value is -1.13. The van der Waals surface area contributed by atoms with Crippen molar-refractivity contribution in [2.75, 3.05) is 0 Å². The largest absolute Gasteiger partial charge is 0.466 e. The molecule has 1 aromatic heterocycles. The number of aryl methyl sites for hydroxylation is 1. The van der Waals surface area contributed by atoms with E-state index in [2.05, 4.69) is 15.9 Å². The first-order chi connectivity index (χ1) is 8.08. The number of hydrogen-bond acceptors (Lipinski definition) is 2. The van der Waals surface area contributed by atoms with Crippen molar-refractivity contribution in [2.45, 2.75) is 19.4 Å². The van der Waals surface area contributed by atoms with Crippen molar-refractivity contribution in [1.29, 1.82) is 0 Å². The highest BCUT2D eigenvalue weighted by Crippen LogP contribution is 2.26. The summed E-state index contributed by atoms with van der Waals surface area (Å²) >= 11 is 3.33. The molecule has 1 N–H and O–H groups in total. The van der Waals surface area contributed by atoms with Gasteiger partial charge in [0.1, 0.15) is 17.7 Å². The van der Waals surface area contributed by atoms with Gasteiger partial charge in [0.25, 0.3) is 0 Å². The normalized spacial score (nSPS) is 12.7. The van der Waals surface area contributed by atoms with Gasteiger partial charge in [-0.25, -0.2) is 4.39 Å². The molecule has 2 aromatic rings. The van der Waals surface area contributed by atoms with Gasteiger partial charge in [0.2, 0.25) is 0 Å². The summed E-state index contributed by atoms with van der Waals surface area (Å²) in [5.74, 6) is 0.215. The molecular formula is C13H12BrFO2. The van der Waals surface area contributed by atoms with Crippen molar-refractivity contribution in [2.24, 2.45) is 0 Å². The summed E-state index contributed by atoms with van der Waals surface area (Å²) in [5, 5.41) is 10.0. The van der Waals surface area contributed by atoms with Gasteiger partial charge in [0.15, 0.2) is 0 Å². The van der Waals surface area contributed by atoms with Gasteiger partial charge in [-0.2, -0.15) is 0 Å². The van der Waals surface area contributed by atoms with Crippen molar-refractivity contribution in [3.8, 4) is 0 Å². The van der Waals surface area contributed by atoms with E-state index >= 15 is 0 Å². The lowest BCUT2D eigenvalue weighted by Gasteiger charge is -2.10. The van der Waals surface area contributed by atoms with E-state index in [4.69, 9.17) is 4.42 Å². The van der Waals surface area contributed by atoms with Crippen LogP contribution in [0.5, 0.6) is 0 Å². The Morgan fingerprint density at radius 3 is 2.82 bits per heavy atom. The second-order valence-electron chi connectivity index (χ2n) is 3.92. The van der Waals surface area contributed by atoms with Crippen LogP contribution in [0.3, 0.4) is 0 Å². The summed E-state index contributed by atoms with van der Waals surface area (Å²) in [4.78, 5) is 0. The van der Waals surface area contributed by atoms with Crippen molar-refractivity contribution >= 4 is 15.9 Å². The molecule has 0 radical (unpaired) electrons. The third-order valence-corrected chi connectivity index (χ3v) is 3.40. The van der Waals surface area contributed by atoms with Gasteiger partial charge in [-0.3, -0.25) is 0 Å². The van der Waals surface area contributed by atoms with E-state index in [1.165, 1.54) is 18.4 Å². The van der Waals surface area contributed by atoms with Crippen LogP contribution in [0.4, 0.5) is 4.39 Å². The predicted octanol–water partition coefficient (Wildman–Crippen LogP) is 3.77. The lowest BCUT2D eigenvalue weighted by molar-refractivity contribution is 0.149. The SMILES string of the molecule is Cc1ccoc1C(O)Cc1cc(F)ccc1Br. The molecule has 2 nitrogen and oxygen atoms in total. The Morgan fingerprint density at radius 1 is 1.41 bits per heavy atom. The van der Waals surface area contributed by atoms with Gasteiger partial charge in [-0.05, 0) is 42.3 Å². The van der Waals surface area contributed by atoms with Crippen LogP contribution in [-0.2, 0) is 6.42 Å². The second kappa shape index (κ2) is 5.02. The molecule has 0 spiro atoms. The smallest absolute Gasteiger partial charge is 0.135 e. The molecule has 0 aliphatic carbocycles. The predicted molar refractivity (Wildman–Crippen MR) is 66.2 cm³/mol. The maximum atomic E-state index is 13.1. The van der Waals surface area contributed by atoms with Crippen LogP contribution in [0.25, 0.3) is 0 Å².